The van der Waals surface area contributed by atoms with E-state index in [-0.39, 0.29) is 6.67 Å². The second-order valence-electron chi connectivity index (χ2n) is 3.24. The first-order valence-electron chi connectivity index (χ1n) is 4.11. The van der Waals surface area contributed by atoms with Gasteiger partial charge in [0.1, 0.15) is 6.67 Å². The maximum atomic E-state index is 11.9. The normalized spacial score (nSPS) is 28.8. The van der Waals surface area contributed by atoms with Gasteiger partial charge in [-0.3, -0.25) is 0 Å². The lowest BCUT2D eigenvalue weighted by molar-refractivity contribution is 0.172. The van der Waals surface area contributed by atoms with Crippen molar-refractivity contribution in [3.8, 4) is 0 Å². The van der Waals surface area contributed by atoms with Crippen LogP contribution in [-0.2, 0) is 0 Å². The Hall–Kier alpha value is -0.110. The lowest BCUT2D eigenvalue weighted by Gasteiger charge is -2.29. The van der Waals surface area contributed by atoms with Crippen LogP contribution in [0.2, 0.25) is 0 Å². The number of alkyl halides is 1. The quantitative estimate of drug-likeness (QED) is 0.571. The maximum Gasteiger partial charge on any atom is 0.102 e. The van der Waals surface area contributed by atoms with Gasteiger partial charge in [-0.1, -0.05) is 6.92 Å². The number of halogens is 1. The van der Waals surface area contributed by atoms with E-state index in [4.69, 9.17) is 0 Å². The standard InChI is InChI=1S/C8H16FN/c1-8-3-2-5-10(7-8)6-4-9/h8H,2-7H2,1H3. The van der Waals surface area contributed by atoms with Gasteiger partial charge in [-0.25, -0.2) is 4.39 Å². The summed E-state index contributed by atoms with van der Waals surface area (Å²) >= 11 is 0. The molecule has 2 heteroatoms. The second kappa shape index (κ2) is 3.91. The highest BCUT2D eigenvalue weighted by Crippen LogP contribution is 2.14. The minimum atomic E-state index is -0.188. The van der Waals surface area contributed by atoms with E-state index in [1.54, 1.807) is 0 Å². The maximum absolute atomic E-state index is 11.9. The predicted molar refractivity (Wildman–Crippen MR) is 40.8 cm³/mol. The van der Waals surface area contributed by atoms with Gasteiger partial charge >= 0.3 is 0 Å². The Bertz CT molecular complexity index is 93.3. The van der Waals surface area contributed by atoms with Crippen molar-refractivity contribution in [2.24, 2.45) is 5.92 Å². The van der Waals surface area contributed by atoms with Crippen molar-refractivity contribution in [1.29, 1.82) is 0 Å². The van der Waals surface area contributed by atoms with Gasteiger partial charge in [-0.15, -0.1) is 0 Å². The summed E-state index contributed by atoms with van der Waals surface area (Å²) < 4.78 is 11.9. The van der Waals surface area contributed by atoms with Crippen molar-refractivity contribution in [3.05, 3.63) is 0 Å². The molecule has 1 unspecified atom stereocenters. The van der Waals surface area contributed by atoms with E-state index in [1.807, 2.05) is 0 Å². The Morgan fingerprint density at radius 2 is 2.40 bits per heavy atom. The van der Waals surface area contributed by atoms with Crippen molar-refractivity contribution >= 4 is 0 Å². The third-order valence-electron chi connectivity index (χ3n) is 2.14. The van der Waals surface area contributed by atoms with Crippen LogP contribution in [0.5, 0.6) is 0 Å². The Labute approximate surface area is 62.2 Å². The van der Waals surface area contributed by atoms with Crippen molar-refractivity contribution in [2.45, 2.75) is 19.8 Å². The average molecular weight is 145 g/mol. The number of hydrogen-bond donors (Lipinski definition) is 0. The van der Waals surface area contributed by atoms with Gasteiger partial charge in [0.15, 0.2) is 0 Å². The Kier molecular flexibility index (Phi) is 3.13. The number of piperidine rings is 1. The van der Waals surface area contributed by atoms with Crippen LogP contribution in [0, 0.1) is 5.92 Å². The summed E-state index contributed by atoms with van der Waals surface area (Å²) in [6.45, 7) is 4.90. The number of nitrogens with zero attached hydrogens (tertiary/aromatic N) is 1. The number of hydrogen-bond acceptors (Lipinski definition) is 1. The summed E-state index contributed by atoms with van der Waals surface area (Å²) in [6.07, 6.45) is 2.57. The molecule has 1 saturated heterocycles. The van der Waals surface area contributed by atoms with E-state index in [0.29, 0.717) is 6.54 Å². The van der Waals surface area contributed by atoms with Crippen molar-refractivity contribution in [1.82, 2.24) is 4.90 Å². The van der Waals surface area contributed by atoms with Crippen LogP contribution < -0.4 is 0 Å². The minimum absolute atomic E-state index is 0.188. The fourth-order valence-corrected chi connectivity index (χ4v) is 1.61. The van der Waals surface area contributed by atoms with Crippen molar-refractivity contribution in [3.63, 3.8) is 0 Å². The van der Waals surface area contributed by atoms with Crippen LogP contribution in [0.4, 0.5) is 4.39 Å². The summed E-state index contributed by atoms with van der Waals surface area (Å²) in [7, 11) is 0. The van der Waals surface area contributed by atoms with Crippen LogP contribution >= 0.6 is 0 Å². The lowest BCUT2D eigenvalue weighted by atomic mass is 10.0. The molecule has 0 spiro atoms. The fraction of sp³-hybridized carbons (Fsp3) is 1.00. The molecule has 0 saturated carbocycles. The predicted octanol–water partition coefficient (Wildman–Crippen LogP) is 1.69. The molecule has 1 fully saturated rings. The summed E-state index contributed by atoms with van der Waals surface area (Å²) in [4.78, 5) is 2.22. The summed E-state index contributed by atoms with van der Waals surface area (Å²) in [5.74, 6) is 0.778. The smallest absolute Gasteiger partial charge is 0.102 e. The molecule has 1 heterocycles. The molecule has 1 aliphatic heterocycles. The molecule has 0 amide bonds. The zero-order valence-corrected chi connectivity index (χ0v) is 6.65. The first-order valence-corrected chi connectivity index (χ1v) is 4.11. The van der Waals surface area contributed by atoms with Gasteiger partial charge < -0.3 is 4.90 Å². The van der Waals surface area contributed by atoms with Crippen molar-refractivity contribution < 1.29 is 4.39 Å². The van der Waals surface area contributed by atoms with Gasteiger partial charge in [0.25, 0.3) is 0 Å². The summed E-state index contributed by atoms with van der Waals surface area (Å²) in [5.41, 5.74) is 0. The molecular weight excluding hydrogens is 129 g/mol. The minimum Gasteiger partial charge on any atom is -0.300 e. The van der Waals surface area contributed by atoms with Gasteiger partial charge in [0.2, 0.25) is 0 Å². The Balaban J connectivity index is 2.18. The largest absolute Gasteiger partial charge is 0.300 e. The summed E-state index contributed by atoms with van der Waals surface area (Å²) in [5, 5.41) is 0. The molecular formula is C8H16FN. The third kappa shape index (κ3) is 2.25. The molecule has 1 aliphatic rings. The monoisotopic (exact) mass is 145 g/mol. The van der Waals surface area contributed by atoms with Gasteiger partial charge in [-0.05, 0) is 25.3 Å². The van der Waals surface area contributed by atoms with Gasteiger partial charge in [0.05, 0.1) is 0 Å². The molecule has 0 aliphatic carbocycles. The highest BCUT2D eigenvalue weighted by atomic mass is 19.1. The topological polar surface area (TPSA) is 3.24 Å². The molecule has 10 heavy (non-hydrogen) atoms. The molecule has 1 atom stereocenters. The highest BCUT2D eigenvalue weighted by Gasteiger charge is 2.14. The first kappa shape index (κ1) is 7.99. The second-order valence-corrected chi connectivity index (χ2v) is 3.24. The molecule has 0 radical (unpaired) electrons. The average Bonchev–Trinajstić information content (AvgIpc) is 1.88. The third-order valence-corrected chi connectivity index (χ3v) is 2.14. The van der Waals surface area contributed by atoms with Crippen LogP contribution in [0.15, 0.2) is 0 Å². The van der Waals surface area contributed by atoms with E-state index in [0.717, 1.165) is 19.0 Å². The Morgan fingerprint density at radius 1 is 1.60 bits per heavy atom. The highest BCUT2D eigenvalue weighted by molar-refractivity contribution is 4.68. The zero-order valence-electron chi connectivity index (χ0n) is 6.65. The zero-order chi connectivity index (χ0) is 7.40. The van der Waals surface area contributed by atoms with Crippen LogP contribution in [0.25, 0.3) is 0 Å². The van der Waals surface area contributed by atoms with E-state index in [2.05, 4.69) is 11.8 Å². The fourth-order valence-electron chi connectivity index (χ4n) is 1.61. The van der Waals surface area contributed by atoms with Gasteiger partial charge in [-0.2, -0.15) is 0 Å². The van der Waals surface area contributed by atoms with Crippen LogP contribution in [0.3, 0.4) is 0 Å². The molecule has 1 nitrogen and oxygen atoms in total. The molecule has 0 aromatic carbocycles. The van der Waals surface area contributed by atoms with E-state index in [9.17, 15) is 4.39 Å². The van der Waals surface area contributed by atoms with Crippen molar-refractivity contribution in [2.75, 3.05) is 26.3 Å². The SMILES string of the molecule is CC1CCCN(CCF)C1. The molecule has 0 N–H and O–H groups in total. The Morgan fingerprint density at radius 3 is 3.00 bits per heavy atom. The number of likely N-dealkylation sites (tertiary alicyclic amines) is 1. The summed E-state index contributed by atoms with van der Waals surface area (Å²) in [6, 6.07) is 0. The molecule has 0 aromatic rings. The molecule has 60 valence electrons. The molecule has 1 rings (SSSR count). The molecule has 0 aromatic heterocycles. The number of rotatable bonds is 2. The van der Waals surface area contributed by atoms with E-state index < -0.39 is 0 Å². The van der Waals surface area contributed by atoms with Gasteiger partial charge in [0, 0.05) is 13.1 Å². The molecule has 0 bridgehead atoms. The lowest BCUT2D eigenvalue weighted by Crippen LogP contribution is -2.35. The van der Waals surface area contributed by atoms with E-state index >= 15 is 0 Å². The first-order chi connectivity index (χ1) is 4.83. The van der Waals surface area contributed by atoms with Crippen LogP contribution in [0.1, 0.15) is 19.8 Å². The van der Waals surface area contributed by atoms with E-state index in [1.165, 1.54) is 12.8 Å². The van der Waals surface area contributed by atoms with Crippen LogP contribution in [-0.4, -0.2) is 31.2 Å².